The smallest absolute Gasteiger partial charge is 0.124 e. The van der Waals surface area contributed by atoms with E-state index in [2.05, 4.69) is 4.99 Å². The van der Waals surface area contributed by atoms with Crippen LogP contribution >= 0.6 is 23.5 Å². The van der Waals surface area contributed by atoms with Crippen molar-refractivity contribution in [3.63, 3.8) is 0 Å². The van der Waals surface area contributed by atoms with Crippen LogP contribution in [-0.4, -0.2) is 29.1 Å². The van der Waals surface area contributed by atoms with E-state index in [1.807, 2.05) is 0 Å². The first-order valence-electron chi connectivity index (χ1n) is 3.29. The van der Waals surface area contributed by atoms with Gasteiger partial charge in [-0.3, -0.25) is 9.38 Å². The molecule has 0 aromatic heterocycles. The molecule has 0 aromatic carbocycles. The third kappa shape index (κ3) is 2.92. The normalized spacial score (nSPS) is 17.5. The number of hydrogen-bond acceptors (Lipinski definition) is 3. The van der Waals surface area contributed by atoms with Gasteiger partial charge in [0.2, 0.25) is 0 Å². The van der Waals surface area contributed by atoms with Crippen molar-refractivity contribution < 1.29 is 4.39 Å². The van der Waals surface area contributed by atoms with Gasteiger partial charge in [-0.1, -0.05) is 23.5 Å². The van der Waals surface area contributed by atoms with Gasteiger partial charge in [0.1, 0.15) is 4.38 Å². The molecular formula is C6H10FNS2. The quantitative estimate of drug-likeness (QED) is 0.616. The van der Waals surface area contributed by atoms with Gasteiger partial charge >= 0.3 is 0 Å². The highest BCUT2D eigenvalue weighted by Crippen LogP contribution is 2.22. The number of alkyl halides is 1. The summed E-state index contributed by atoms with van der Waals surface area (Å²) in [5.41, 5.74) is 0. The minimum atomic E-state index is -0.203. The van der Waals surface area contributed by atoms with Gasteiger partial charge in [0.05, 0.1) is 13.2 Å². The summed E-state index contributed by atoms with van der Waals surface area (Å²) in [6.45, 7) is 0.744. The van der Waals surface area contributed by atoms with E-state index >= 15 is 0 Å². The summed E-state index contributed by atoms with van der Waals surface area (Å²) in [6, 6.07) is 0. The number of thioether (sulfide) groups is 2. The summed E-state index contributed by atoms with van der Waals surface area (Å²) >= 11 is 3.46. The van der Waals surface area contributed by atoms with Crippen molar-refractivity contribution in [3.8, 4) is 0 Å². The van der Waals surface area contributed by atoms with E-state index in [-0.39, 0.29) is 6.67 Å². The maximum Gasteiger partial charge on any atom is 0.124 e. The lowest BCUT2D eigenvalue weighted by molar-refractivity contribution is 0.489. The molecular weight excluding hydrogens is 169 g/mol. The predicted octanol–water partition coefficient (Wildman–Crippen LogP) is 2.18. The second-order valence-electron chi connectivity index (χ2n) is 1.89. The van der Waals surface area contributed by atoms with E-state index in [4.69, 9.17) is 0 Å². The monoisotopic (exact) mass is 179 g/mol. The Labute approximate surface area is 68.9 Å². The van der Waals surface area contributed by atoms with Gasteiger partial charge in [-0.2, -0.15) is 0 Å². The first-order valence-corrected chi connectivity index (χ1v) is 5.26. The molecule has 0 atom stereocenters. The zero-order valence-corrected chi connectivity index (χ0v) is 7.31. The molecule has 0 bridgehead atoms. The summed E-state index contributed by atoms with van der Waals surface area (Å²) in [7, 11) is 0. The second kappa shape index (κ2) is 5.02. The van der Waals surface area contributed by atoms with E-state index in [1.165, 1.54) is 0 Å². The summed E-state index contributed by atoms with van der Waals surface area (Å²) in [5, 5.41) is 0. The molecule has 0 aliphatic carbocycles. The Balaban J connectivity index is 2.01. The number of nitrogens with zero attached hydrogens (tertiary/aromatic N) is 1. The highest BCUT2D eigenvalue weighted by molar-refractivity contribution is 8.39. The highest BCUT2D eigenvalue weighted by Gasteiger charge is 2.05. The average molecular weight is 179 g/mol. The molecule has 1 aliphatic heterocycles. The Morgan fingerprint density at radius 1 is 1.70 bits per heavy atom. The van der Waals surface area contributed by atoms with Crippen LogP contribution < -0.4 is 0 Å². The Kier molecular flexibility index (Phi) is 4.21. The fourth-order valence-corrected chi connectivity index (χ4v) is 2.60. The Morgan fingerprint density at radius 3 is 3.20 bits per heavy atom. The Bertz CT molecular complexity index is 127. The summed E-state index contributed by atoms with van der Waals surface area (Å²) in [6.07, 6.45) is 0.657. The Hall–Kier alpha value is 0.300. The molecule has 58 valence electrons. The summed E-state index contributed by atoms with van der Waals surface area (Å²) < 4.78 is 12.8. The highest BCUT2D eigenvalue weighted by atomic mass is 32.2. The zero-order chi connectivity index (χ0) is 7.23. The first-order chi connectivity index (χ1) is 4.93. The van der Waals surface area contributed by atoms with E-state index in [9.17, 15) is 4.39 Å². The lowest BCUT2D eigenvalue weighted by Crippen LogP contribution is -1.85. The van der Waals surface area contributed by atoms with E-state index in [0.29, 0.717) is 6.42 Å². The maximum atomic E-state index is 11.6. The van der Waals surface area contributed by atoms with Crippen LogP contribution in [0.5, 0.6) is 0 Å². The van der Waals surface area contributed by atoms with Gasteiger partial charge in [-0.05, 0) is 6.42 Å². The topological polar surface area (TPSA) is 12.4 Å². The molecule has 0 fully saturated rings. The van der Waals surface area contributed by atoms with Crippen LogP contribution in [0.1, 0.15) is 6.42 Å². The van der Waals surface area contributed by atoms with Crippen molar-refractivity contribution in [2.24, 2.45) is 4.99 Å². The lowest BCUT2D eigenvalue weighted by atomic mass is 10.6. The molecule has 0 N–H and O–H groups in total. The van der Waals surface area contributed by atoms with Crippen molar-refractivity contribution >= 4 is 27.9 Å². The minimum absolute atomic E-state index is 0.203. The van der Waals surface area contributed by atoms with Crippen molar-refractivity contribution in [1.82, 2.24) is 0 Å². The van der Waals surface area contributed by atoms with Crippen LogP contribution in [0.2, 0.25) is 0 Å². The van der Waals surface area contributed by atoms with Crippen LogP contribution in [0.25, 0.3) is 0 Å². The van der Waals surface area contributed by atoms with Crippen LogP contribution in [0.4, 0.5) is 4.39 Å². The van der Waals surface area contributed by atoms with Gasteiger partial charge in [0.15, 0.2) is 0 Å². The summed E-state index contributed by atoms with van der Waals surface area (Å²) in [5.74, 6) is 1.99. The zero-order valence-electron chi connectivity index (χ0n) is 5.68. The van der Waals surface area contributed by atoms with E-state index in [1.54, 1.807) is 23.5 Å². The number of rotatable bonds is 3. The molecule has 10 heavy (non-hydrogen) atoms. The van der Waals surface area contributed by atoms with Gasteiger partial charge in [0, 0.05) is 11.5 Å². The van der Waals surface area contributed by atoms with Gasteiger partial charge in [-0.15, -0.1) is 0 Å². The number of hydrogen-bond donors (Lipinski definition) is 0. The van der Waals surface area contributed by atoms with Crippen LogP contribution in [0, 0.1) is 0 Å². The second-order valence-corrected chi connectivity index (χ2v) is 4.31. The maximum absolute atomic E-state index is 11.6. The fourth-order valence-electron chi connectivity index (χ4n) is 0.617. The van der Waals surface area contributed by atoms with Crippen molar-refractivity contribution in [3.05, 3.63) is 0 Å². The third-order valence-corrected chi connectivity index (χ3v) is 3.40. The molecule has 1 aliphatic rings. The number of aliphatic imine (C=N–C) groups is 1. The van der Waals surface area contributed by atoms with Crippen molar-refractivity contribution in [2.45, 2.75) is 6.42 Å². The molecule has 1 heterocycles. The first kappa shape index (κ1) is 8.40. The average Bonchev–Trinajstić information content (AvgIpc) is 2.41. The predicted molar refractivity (Wildman–Crippen MR) is 47.8 cm³/mol. The van der Waals surface area contributed by atoms with Crippen LogP contribution in [0.15, 0.2) is 4.99 Å². The van der Waals surface area contributed by atoms with Gasteiger partial charge in [-0.25, -0.2) is 0 Å². The van der Waals surface area contributed by atoms with Crippen LogP contribution in [0.3, 0.4) is 0 Å². The van der Waals surface area contributed by atoms with Crippen LogP contribution in [-0.2, 0) is 0 Å². The molecule has 0 saturated heterocycles. The van der Waals surface area contributed by atoms with Gasteiger partial charge in [0.25, 0.3) is 0 Å². The molecule has 0 radical (unpaired) electrons. The largest absolute Gasteiger partial charge is 0.271 e. The molecule has 1 nitrogen and oxygen atoms in total. The molecule has 0 amide bonds. The molecule has 0 spiro atoms. The van der Waals surface area contributed by atoms with Crippen molar-refractivity contribution in [1.29, 1.82) is 0 Å². The third-order valence-electron chi connectivity index (χ3n) is 1.06. The minimum Gasteiger partial charge on any atom is -0.271 e. The fraction of sp³-hybridized carbons (Fsp3) is 0.833. The van der Waals surface area contributed by atoms with E-state index < -0.39 is 0 Å². The molecule has 0 unspecified atom stereocenters. The van der Waals surface area contributed by atoms with Gasteiger partial charge < -0.3 is 0 Å². The SMILES string of the molecule is FCCCSC1=NCCS1. The molecule has 0 saturated carbocycles. The lowest BCUT2D eigenvalue weighted by Gasteiger charge is -1.95. The molecule has 1 rings (SSSR count). The summed E-state index contributed by atoms with van der Waals surface area (Å²) in [4.78, 5) is 4.23. The van der Waals surface area contributed by atoms with E-state index in [0.717, 1.165) is 22.4 Å². The standard InChI is InChI=1S/C6H10FNS2/c7-2-1-4-9-6-8-3-5-10-6/h1-5H2. The molecule has 4 heteroatoms. The van der Waals surface area contributed by atoms with Crippen molar-refractivity contribution in [2.75, 3.05) is 24.7 Å². The Morgan fingerprint density at radius 2 is 2.60 bits per heavy atom. The number of halogens is 1. The molecule has 0 aromatic rings.